The number of hydrogen-bond donors (Lipinski definition) is 1. The molecule has 0 spiro atoms. The minimum atomic E-state index is -4.95. The summed E-state index contributed by atoms with van der Waals surface area (Å²) in [6.45, 7) is 1.14. The van der Waals surface area contributed by atoms with Crippen molar-refractivity contribution in [3.05, 3.63) is 82.8 Å². The van der Waals surface area contributed by atoms with E-state index in [1.165, 1.54) is 35.7 Å². The number of alkyl halides is 3. The van der Waals surface area contributed by atoms with E-state index in [0.717, 1.165) is 42.1 Å². The van der Waals surface area contributed by atoms with Crippen LogP contribution in [0, 0.1) is 0 Å². The van der Waals surface area contributed by atoms with E-state index in [-0.39, 0.29) is 34.4 Å². The Morgan fingerprint density at radius 1 is 0.977 bits per heavy atom. The molecule has 2 aliphatic heterocycles. The van der Waals surface area contributed by atoms with Crippen molar-refractivity contribution in [2.75, 3.05) is 18.5 Å². The lowest BCUT2D eigenvalue weighted by Crippen LogP contribution is -2.21. The Morgan fingerprint density at radius 2 is 1.73 bits per heavy atom. The molecule has 0 bridgehead atoms. The van der Waals surface area contributed by atoms with Crippen LogP contribution in [0.4, 0.5) is 18.9 Å². The number of anilines is 1. The normalized spacial score (nSPS) is 18.7. The van der Waals surface area contributed by atoms with Crippen LogP contribution in [-0.4, -0.2) is 53.9 Å². The van der Waals surface area contributed by atoms with E-state index in [9.17, 15) is 18.0 Å². The average molecular weight is 625 g/mol. The van der Waals surface area contributed by atoms with Gasteiger partial charge in [-0.1, -0.05) is 29.8 Å². The third-order valence-electron chi connectivity index (χ3n) is 7.66. The van der Waals surface area contributed by atoms with E-state index < -0.39 is 23.3 Å². The topological polar surface area (TPSA) is 122 Å². The third-order valence-corrected chi connectivity index (χ3v) is 7.94. The van der Waals surface area contributed by atoms with Crippen LogP contribution < -0.4 is 5.32 Å². The Bertz CT molecular complexity index is 1850. The molecule has 1 aromatic carbocycles. The summed E-state index contributed by atoms with van der Waals surface area (Å²) in [5.74, 6) is -0.856. The van der Waals surface area contributed by atoms with E-state index in [2.05, 4.69) is 30.6 Å². The van der Waals surface area contributed by atoms with Crippen molar-refractivity contribution in [3.8, 4) is 11.5 Å². The van der Waals surface area contributed by atoms with E-state index in [1.54, 1.807) is 0 Å². The summed E-state index contributed by atoms with van der Waals surface area (Å²) in [6, 6.07) is 6.87. The van der Waals surface area contributed by atoms with Crippen LogP contribution in [0.1, 0.15) is 65.2 Å². The second-order valence-electron chi connectivity index (χ2n) is 10.4. The van der Waals surface area contributed by atoms with E-state index in [0.29, 0.717) is 29.7 Å². The standard InChI is InChI=1S/C29H24ClF3N8O3/c30-20-12-16(13-35-27(20)41-36-8-9-37-41)39-28(42)19-14-38-40(26(19)29(31,32)33)21-15-34-25(23-7-3-11-44-23)18-5-1-4-17(24(18)21)22-6-2-10-43-22/h1,4-5,8-9,12-15,22-23H,2-3,6-7,10-11H2,(H,39,42). The molecule has 0 saturated carbocycles. The van der Waals surface area contributed by atoms with Gasteiger partial charge in [-0.15, -0.1) is 4.80 Å². The molecule has 2 saturated heterocycles. The second-order valence-corrected chi connectivity index (χ2v) is 10.8. The zero-order valence-electron chi connectivity index (χ0n) is 23.0. The van der Waals surface area contributed by atoms with Crippen LogP contribution in [0.3, 0.4) is 0 Å². The molecule has 1 amide bonds. The number of benzene rings is 1. The van der Waals surface area contributed by atoms with Crippen LogP contribution in [-0.2, 0) is 15.7 Å². The Labute approximate surface area is 253 Å². The first-order valence-electron chi connectivity index (χ1n) is 13.9. The number of amides is 1. The fourth-order valence-electron chi connectivity index (χ4n) is 5.78. The fraction of sp³-hybridized carbons (Fsp3) is 0.310. The first kappa shape index (κ1) is 28.4. The summed E-state index contributed by atoms with van der Waals surface area (Å²) in [6.07, 6.45) is 4.01. The fourth-order valence-corrected chi connectivity index (χ4v) is 6.02. The zero-order chi connectivity index (χ0) is 30.4. The number of hydrogen-bond acceptors (Lipinski definition) is 8. The molecule has 11 nitrogen and oxygen atoms in total. The molecule has 2 aliphatic rings. The number of aromatic nitrogens is 7. The number of nitrogens with zero attached hydrogens (tertiary/aromatic N) is 7. The number of nitrogens with one attached hydrogen (secondary N) is 1. The molecule has 2 atom stereocenters. The Morgan fingerprint density at radius 3 is 2.41 bits per heavy atom. The molecule has 0 radical (unpaired) electrons. The first-order chi connectivity index (χ1) is 21.3. The Kier molecular flexibility index (Phi) is 7.26. The molecule has 2 unspecified atom stereocenters. The van der Waals surface area contributed by atoms with Crippen LogP contribution >= 0.6 is 11.6 Å². The molecule has 4 aromatic heterocycles. The summed E-state index contributed by atoms with van der Waals surface area (Å²) in [4.78, 5) is 23.2. The molecule has 15 heteroatoms. The van der Waals surface area contributed by atoms with Gasteiger partial charge in [0.15, 0.2) is 11.5 Å². The molecule has 0 aliphatic carbocycles. The predicted molar refractivity (Wildman–Crippen MR) is 152 cm³/mol. The minimum absolute atomic E-state index is 0.0745. The van der Waals surface area contributed by atoms with E-state index in [4.69, 9.17) is 21.1 Å². The lowest BCUT2D eigenvalue weighted by atomic mass is 9.95. The maximum atomic E-state index is 14.8. The minimum Gasteiger partial charge on any atom is -0.374 e. The van der Waals surface area contributed by atoms with Gasteiger partial charge in [-0.05, 0) is 37.3 Å². The van der Waals surface area contributed by atoms with Gasteiger partial charge in [-0.2, -0.15) is 28.5 Å². The highest BCUT2D eigenvalue weighted by Gasteiger charge is 2.41. The van der Waals surface area contributed by atoms with Gasteiger partial charge in [-0.3, -0.25) is 9.78 Å². The second kappa shape index (κ2) is 11.3. The van der Waals surface area contributed by atoms with Gasteiger partial charge in [-0.25, -0.2) is 9.67 Å². The number of halogens is 4. The van der Waals surface area contributed by atoms with Crippen molar-refractivity contribution in [2.45, 2.75) is 44.1 Å². The van der Waals surface area contributed by atoms with Crippen molar-refractivity contribution < 1.29 is 27.4 Å². The summed E-state index contributed by atoms with van der Waals surface area (Å²) in [5.41, 5.74) is -0.388. The van der Waals surface area contributed by atoms with Gasteiger partial charge in [0.1, 0.15) is 6.10 Å². The quantitative estimate of drug-likeness (QED) is 0.243. The number of carbonyl (C=O) groups excluding carboxylic acids is 1. The molecular formula is C29H24ClF3N8O3. The van der Waals surface area contributed by atoms with Crippen LogP contribution in [0.25, 0.3) is 22.3 Å². The van der Waals surface area contributed by atoms with Gasteiger partial charge in [0.2, 0.25) is 0 Å². The largest absolute Gasteiger partial charge is 0.434 e. The van der Waals surface area contributed by atoms with Crippen molar-refractivity contribution in [1.82, 2.24) is 34.7 Å². The Balaban J connectivity index is 1.32. The molecule has 1 N–H and O–H groups in total. The molecule has 226 valence electrons. The summed E-state index contributed by atoms with van der Waals surface area (Å²) < 4.78 is 56.9. The zero-order valence-corrected chi connectivity index (χ0v) is 23.7. The molecule has 7 rings (SSSR count). The van der Waals surface area contributed by atoms with Crippen LogP contribution in [0.15, 0.2) is 55.2 Å². The van der Waals surface area contributed by atoms with Crippen molar-refractivity contribution in [2.24, 2.45) is 0 Å². The average Bonchev–Trinajstić information content (AvgIpc) is 3.83. The Hall–Kier alpha value is -4.40. The van der Waals surface area contributed by atoms with Crippen LogP contribution in [0.5, 0.6) is 0 Å². The highest BCUT2D eigenvalue weighted by atomic mass is 35.5. The smallest absolute Gasteiger partial charge is 0.374 e. The molecular weight excluding hydrogens is 601 g/mol. The SMILES string of the molecule is O=C(Nc1cnc(-n2nccn2)c(Cl)c1)c1cnn(-c2cnc(C3CCCO3)c3cccc(C4CCCO4)c23)c1C(F)(F)F. The van der Waals surface area contributed by atoms with Gasteiger partial charge < -0.3 is 14.8 Å². The maximum absolute atomic E-state index is 14.8. The van der Waals surface area contributed by atoms with Gasteiger partial charge in [0.25, 0.3) is 5.91 Å². The molecule has 44 heavy (non-hydrogen) atoms. The van der Waals surface area contributed by atoms with E-state index in [1.807, 2.05) is 18.2 Å². The number of carbonyl (C=O) groups is 1. The van der Waals surface area contributed by atoms with Gasteiger partial charge in [0.05, 0.1) is 64.7 Å². The molecule has 6 heterocycles. The molecule has 2 fully saturated rings. The number of fused-ring (bicyclic) bond motifs is 1. The maximum Gasteiger partial charge on any atom is 0.434 e. The number of pyridine rings is 2. The van der Waals surface area contributed by atoms with Crippen LogP contribution in [0.2, 0.25) is 5.02 Å². The summed E-state index contributed by atoms with van der Waals surface area (Å²) in [5, 5.41) is 15.7. The van der Waals surface area contributed by atoms with Gasteiger partial charge >= 0.3 is 6.18 Å². The lowest BCUT2D eigenvalue weighted by Gasteiger charge is -2.21. The predicted octanol–water partition coefficient (Wildman–Crippen LogP) is 6.02. The third kappa shape index (κ3) is 5.08. The lowest BCUT2D eigenvalue weighted by molar-refractivity contribution is -0.143. The first-order valence-corrected chi connectivity index (χ1v) is 14.3. The van der Waals surface area contributed by atoms with Crippen molar-refractivity contribution in [3.63, 3.8) is 0 Å². The monoisotopic (exact) mass is 624 g/mol. The van der Waals surface area contributed by atoms with E-state index >= 15 is 0 Å². The van der Waals surface area contributed by atoms with Gasteiger partial charge in [0, 0.05) is 24.0 Å². The summed E-state index contributed by atoms with van der Waals surface area (Å²) in [7, 11) is 0. The number of ether oxygens (including phenoxy) is 2. The van der Waals surface area contributed by atoms with Crippen molar-refractivity contribution >= 4 is 34.0 Å². The highest BCUT2D eigenvalue weighted by molar-refractivity contribution is 6.32. The summed E-state index contributed by atoms with van der Waals surface area (Å²) >= 11 is 6.29. The van der Waals surface area contributed by atoms with Crippen molar-refractivity contribution in [1.29, 1.82) is 0 Å². The highest BCUT2D eigenvalue weighted by Crippen LogP contribution is 2.42. The molecule has 5 aromatic rings. The number of rotatable bonds is 6.